The second-order valence-corrected chi connectivity index (χ2v) is 4.20. The zero-order chi connectivity index (χ0) is 16.9. The Morgan fingerprint density at radius 3 is 2.23 bits per heavy atom. The van der Waals surface area contributed by atoms with Gasteiger partial charge in [-0.3, -0.25) is 14.9 Å². The Labute approximate surface area is 116 Å². The van der Waals surface area contributed by atoms with Gasteiger partial charge in [-0.2, -0.15) is 22.0 Å². The molecule has 1 aromatic carbocycles. The van der Waals surface area contributed by atoms with Crippen molar-refractivity contribution in [3.63, 3.8) is 0 Å². The van der Waals surface area contributed by atoms with Gasteiger partial charge in [0.1, 0.15) is 5.82 Å². The van der Waals surface area contributed by atoms with Crippen molar-refractivity contribution in [1.29, 1.82) is 0 Å². The molecule has 0 spiro atoms. The van der Waals surface area contributed by atoms with Crippen LogP contribution in [0.15, 0.2) is 23.0 Å². The summed E-state index contributed by atoms with van der Waals surface area (Å²) in [5.74, 6) is -6.71. The standard InChI is InChI=1S/C11H4F6N2O3/c12-4-1-2-5-6(3-4)18-9(7(8(5)20)19(21)22)10(13,14)11(15,16)17/h1-3H,(H,18,20). The molecule has 0 amide bonds. The van der Waals surface area contributed by atoms with E-state index in [-0.39, 0.29) is 0 Å². The van der Waals surface area contributed by atoms with Gasteiger partial charge < -0.3 is 4.98 Å². The Kier molecular flexibility index (Phi) is 3.38. The molecule has 0 aliphatic heterocycles. The van der Waals surface area contributed by atoms with E-state index < -0.39 is 50.6 Å². The van der Waals surface area contributed by atoms with E-state index in [2.05, 4.69) is 0 Å². The van der Waals surface area contributed by atoms with Gasteiger partial charge in [0.05, 0.1) is 15.8 Å². The molecule has 22 heavy (non-hydrogen) atoms. The zero-order valence-corrected chi connectivity index (χ0v) is 10.2. The SMILES string of the molecule is O=c1c([N+](=O)[O-])c(C(F)(F)C(F)(F)F)[nH]c2cc(F)ccc12. The van der Waals surface area contributed by atoms with Crippen LogP contribution in [0.2, 0.25) is 0 Å². The molecule has 0 fully saturated rings. The second kappa shape index (κ2) is 4.71. The average Bonchev–Trinajstić information content (AvgIpc) is 2.35. The van der Waals surface area contributed by atoms with Gasteiger partial charge in [-0.25, -0.2) is 4.39 Å². The number of benzene rings is 1. The third-order valence-electron chi connectivity index (χ3n) is 2.79. The molecule has 1 aromatic heterocycles. The summed E-state index contributed by atoms with van der Waals surface area (Å²) in [5, 5.41) is 10.1. The molecule has 2 rings (SSSR count). The van der Waals surface area contributed by atoms with Crippen LogP contribution >= 0.6 is 0 Å². The monoisotopic (exact) mass is 326 g/mol. The van der Waals surface area contributed by atoms with Gasteiger partial charge in [0, 0.05) is 0 Å². The third kappa shape index (κ3) is 2.27. The summed E-state index contributed by atoms with van der Waals surface area (Å²) in [6.07, 6.45) is -6.18. The summed E-state index contributed by atoms with van der Waals surface area (Å²) >= 11 is 0. The van der Waals surface area contributed by atoms with Crippen molar-refractivity contribution in [3.05, 3.63) is 50.0 Å². The van der Waals surface area contributed by atoms with Crippen LogP contribution in [0.4, 0.5) is 32.0 Å². The molecule has 0 saturated heterocycles. The second-order valence-electron chi connectivity index (χ2n) is 4.20. The maximum atomic E-state index is 13.4. The molecule has 11 heteroatoms. The number of nitrogens with zero attached hydrogens (tertiary/aromatic N) is 1. The van der Waals surface area contributed by atoms with Gasteiger partial charge in [-0.05, 0) is 18.2 Å². The molecule has 1 N–H and O–H groups in total. The van der Waals surface area contributed by atoms with Crippen LogP contribution in [0.25, 0.3) is 10.9 Å². The summed E-state index contributed by atoms with van der Waals surface area (Å²) in [4.78, 5) is 22.3. The fourth-order valence-corrected chi connectivity index (χ4v) is 1.80. The lowest BCUT2D eigenvalue weighted by Gasteiger charge is -2.19. The van der Waals surface area contributed by atoms with Crippen molar-refractivity contribution in [3.8, 4) is 0 Å². The van der Waals surface area contributed by atoms with E-state index in [1.54, 1.807) is 0 Å². The van der Waals surface area contributed by atoms with E-state index in [4.69, 9.17) is 0 Å². The van der Waals surface area contributed by atoms with Gasteiger partial charge in [-0.1, -0.05) is 0 Å². The highest BCUT2D eigenvalue weighted by Gasteiger charge is 2.62. The summed E-state index contributed by atoms with van der Waals surface area (Å²) in [7, 11) is 0. The predicted molar refractivity (Wildman–Crippen MR) is 61.1 cm³/mol. The maximum Gasteiger partial charge on any atom is 0.459 e. The molecular weight excluding hydrogens is 322 g/mol. The molecule has 0 radical (unpaired) electrons. The molecule has 0 aliphatic rings. The van der Waals surface area contributed by atoms with Crippen molar-refractivity contribution >= 4 is 16.6 Å². The van der Waals surface area contributed by atoms with Crippen LogP contribution in [0.1, 0.15) is 5.69 Å². The number of fused-ring (bicyclic) bond motifs is 1. The predicted octanol–water partition coefficient (Wildman–Crippen LogP) is 3.23. The highest BCUT2D eigenvalue weighted by atomic mass is 19.4. The Bertz CT molecular complexity index is 827. The van der Waals surface area contributed by atoms with E-state index in [0.29, 0.717) is 12.1 Å². The number of nitro groups is 1. The van der Waals surface area contributed by atoms with E-state index in [1.165, 1.54) is 4.98 Å². The molecule has 0 aliphatic carbocycles. The Morgan fingerprint density at radius 2 is 1.73 bits per heavy atom. The van der Waals surface area contributed by atoms with Crippen LogP contribution in [-0.4, -0.2) is 16.1 Å². The zero-order valence-electron chi connectivity index (χ0n) is 10.2. The molecule has 118 valence electrons. The van der Waals surface area contributed by atoms with Crippen molar-refractivity contribution in [1.82, 2.24) is 4.98 Å². The minimum absolute atomic E-state index is 0.483. The van der Waals surface area contributed by atoms with E-state index in [0.717, 1.165) is 6.07 Å². The normalized spacial score (nSPS) is 12.6. The summed E-state index contributed by atoms with van der Waals surface area (Å²) in [6.45, 7) is 0. The molecular formula is C11H4F6N2O3. The summed E-state index contributed by atoms with van der Waals surface area (Å²) in [6, 6.07) is 1.94. The fourth-order valence-electron chi connectivity index (χ4n) is 1.80. The Balaban J connectivity index is 2.97. The Hall–Kier alpha value is -2.59. The van der Waals surface area contributed by atoms with Crippen molar-refractivity contribution in [2.45, 2.75) is 12.1 Å². The van der Waals surface area contributed by atoms with E-state index in [1.807, 2.05) is 0 Å². The minimum atomic E-state index is -6.18. The number of aromatic amines is 1. The topological polar surface area (TPSA) is 76.0 Å². The molecule has 0 bridgehead atoms. The first kappa shape index (κ1) is 15.8. The van der Waals surface area contributed by atoms with Gasteiger partial charge in [0.15, 0.2) is 5.69 Å². The lowest BCUT2D eigenvalue weighted by atomic mass is 10.1. The first-order valence-electron chi connectivity index (χ1n) is 5.41. The number of pyridine rings is 1. The van der Waals surface area contributed by atoms with Gasteiger partial charge in [-0.15, -0.1) is 0 Å². The Morgan fingerprint density at radius 1 is 1.14 bits per heavy atom. The van der Waals surface area contributed by atoms with Crippen molar-refractivity contribution in [2.24, 2.45) is 0 Å². The number of hydrogen-bond acceptors (Lipinski definition) is 3. The summed E-state index contributed by atoms with van der Waals surface area (Å²) in [5.41, 5.74) is -6.57. The van der Waals surface area contributed by atoms with Crippen LogP contribution in [0.3, 0.4) is 0 Å². The van der Waals surface area contributed by atoms with Crippen molar-refractivity contribution in [2.75, 3.05) is 0 Å². The number of hydrogen-bond donors (Lipinski definition) is 1. The smallest absolute Gasteiger partial charge is 0.347 e. The highest BCUT2D eigenvalue weighted by molar-refractivity contribution is 5.81. The first-order chi connectivity index (χ1) is 9.96. The van der Waals surface area contributed by atoms with Gasteiger partial charge in [0.2, 0.25) is 0 Å². The van der Waals surface area contributed by atoms with E-state index >= 15 is 0 Å². The first-order valence-corrected chi connectivity index (χ1v) is 5.41. The number of alkyl halides is 5. The van der Waals surface area contributed by atoms with Crippen LogP contribution in [0, 0.1) is 15.9 Å². The largest absolute Gasteiger partial charge is 0.459 e. The molecule has 0 atom stereocenters. The van der Waals surface area contributed by atoms with Crippen molar-refractivity contribution < 1.29 is 31.3 Å². The maximum absolute atomic E-state index is 13.4. The van der Waals surface area contributed by atoms with Gasteiger partial charge in [0.25, 0.3) is 5.43 Å². The molecule has 0 unspecified atom stereocenters. The number of rotatable bonds is 2. The highest BCUT2D eigenvalue weighted by Crippen LogP contribution is 2.45. The van der Waals surface area contributed by atoms with Crippen LogP contribution < -0.4 is 5.43 Å². The number of H-pyrrole nitrogens is 1. The molecule has 5 nitrogen and oxygen atoms in total. The average molecular weight is 326 g/mol. The number of nitrogens with one attached hydrogen (secondary N) is 1. The minimum Gasteiger partial charge on any atom is -0.347 e. The quantitative estimate of drug-likeness (QED) is 0.523. The lowest BCUT2D eigenvalue weighted by molar-refractivity contribution is -0.391. The summed E-state index contributed by atoms with van der Waals surface area (Å²) < 4.78 is 77.0. The number of halogens is 6. The third-order valence-corrected chi connectivity index (χ3v) is 2.79. The lowest BCUT2D eigenvalue weighted by Crippen LogP contribution is -2.36. The van der Waals surface area contributed by atoms with Crippen LogP contribution in [-0.2, 0) is 5.92 Å². The molecule has 1 heterocycles. The number of aromatic nitrogens is 1. The fraction of sp³-hybridized carbons (Fsp3) is 0.182. The van der Waals surface area contributed by atoms with Crippen LogP contribution in [0.5, 0.6) is 0 Å². The van der Waals surface area contributed by atoms with E-state index in [9.17, 15) is 41.3 Å². The molecule has 0 saturated carbocycles. The molecule has 2 aromatic rings. The van der Waals surface area contributed by atoms with Gasteiger partial charge >= 0.3 is 17.8 Å².